The van der Waals surface area contributed by atoms with Crippen molar-refractivity contribution in [3.05, 3.63) is 58.1 Å². The first-order chi connectivity index (χ1) is 15.7. The number of aromatic nitrogens is 2. The zero-order valence-corrected chi connectivity index (χ0v) is 20.8. The van der Waals surface area contributed by atoms with Crippen LogP contribution in [0.5, 0.6) is 0 Å². The van der Waals surface area contributed by atoms with Gasteiger partial charge in [-0.15, -0.1) is 0 Å². The van der Waals surface area contributed by atoms with Crippen LogP contribution in [0.4, 0.5) is 10.7 Å². The number of rotatable bonds is 5. The van der Waals surface area contributed by atoms with Crippen LogP contribution in [0.25, 0.3) is 11.0 Å². The number of carbonyl (C=O) groups excluding carboxylic acids is 1. The van der Waals surface area contributed by atoms with Crippen LogP contribution in [0.15, 0.2) is 42.5 Å². The summed E-state index contributed by atoms with van der Waals surface area (Å²) >= 11 is 12.8. The number of hydrogen-bond acceptors (Lipinski definition) is 4. The molecule has 0 aliphatic carbocycles. The molecule has 33 heavy (non-hydrogen) atoms. The highest BCUT2D eigenvalue weighted by molar-refractivity contribution is 6.33. The molecule has 6 nitrogen and oxygen atoms in total. The molecule has 2 aromatic carbocycles. The number of benzene rings is 2. The van der Waals surface area contributed by atoms with Crippen LogP contribution >= 0.6 is 23.2 Å². The Labute approximate surface area is 204 Å². The zero-order valence-electron chi connectivity index (χ0n) is 19.3. The van der Waals surface area contributed by atoms with Gasteiger partial charge in [0.15, 0.2) is 0 Å². The Morgan fingerprint density at radius 1 is 1.18 bits per heavy atom. The maximum Gasteiger partial charge on any atom is 0.407 e. The van der Waals surface area contributed by atoms with Gasteiger partial charge in [0.2, 0.25) is 5.95 Å². The number of halogens is 2. The highest BCUT2D eigenvalue weighted by atomic mass is 35.5. The molecule has 1 saturated heterocycles. The minimum absolute atomic E-state index is 0.122. The number of piperidine rings is 1. The molecular weight excluding hydrogens is 459 g/mol. The number of alkyl carbamates (subject to hydrolysis) is 1. The summed E-state index contributed by atoms with van der Waals surface area (Å²) in [5, 5.41) is 4.27. The Hall–Kier alpha value is -2.44. The monoisotopic (exact) mass is 488 g/mol. The zero-order chi connectivity index (χ0) is 23.6. The molecule has 176 valence electrons. The van der Waals surface area contributed by atoms with Gasteiger partial charge in [-0.25, -0.2) is 9.78 Å². The van der Waals surface area contributed by atoms with Crippen LogP contribution in [0.1, 0.15) is 45.6 Å². The van der Waals surface area contributed by atoms with Crippen molar-refractivity contribution in [1.29, 1.82) is 0 Å². The molecule has 1 amide bonds. The molecule has 1 N–H and O–H groups in total. The summed E-state index contributed by atoms with van der Waals surface area (Å²) in [5.74, 6) is 0.878. The third kappa shape index (κ3) is 5.74. The van der Waals surface area contributed by atoms with Gasteiger partial charge in [-0.3, -0.25) is 0 Å². The maximum atomic E-state index is 12.3. The summed E-state index contributed by atoms with van der Waals surface area (Å²) in [6.07, 6.45) is 2.76. The minimum Gasteiger partial charge on any atom is -0.444 e. The Morgan fingerprint density at radius 2 is 1.97 bits per heavy atom. The fourth-order valence-corrected chi connectivity index (χ4v) is 4.64. The first-order valence-electron chi connectivity index (χ1n) is 11.3. The molecule has 4 rings (SSSR count). The molecule has 1 aromatic heterocycles. The van der Waals surface area contributed by atoms with Crippen LogP contribution in [0.3, 0.4) is 0 Å². The standard InChI is InChI=1S/C25H30Cl2N4O2/c1-25(2,3)33-24(32)28-15-19-8-6-7-13-30(19)23-29-21-9-4-5-10-22(21)31(23)16-17-14-18(26)11-12-20(17)27/h4-5,9-12,14,19H,6-8,13,15-16H2,1-3H3,(H,28,32)/t19-/m0/s1. The van der Waals surface area contributed by atoms with Gasteiger partial charge in [-0.1, -0.05) is 35.3 Å². The van der Waals surface area contributed by atoms with Crippen molar-refractivity contribution in [3.8, 4) is 0 Å². The van der Waals surface area contributed by atoms with Gasteiger partial charge in [0, 0.05) is 29.2 Å². The highest BCUT2D eigenvalue weighted by Crippen LogP contribution is 2.31. The van der Waals surface area contributed by atoms with Crippen LogP contribution in [-0.2, 0) is 11.3 Å². The second-order valence-electron chi connectivity index (χ2n) is 9.45. The van der Waals surface area contributed by atoms with E-state index in [2.05, 4.69) is 20.9 Å². The van der Waals surface area contributed by atoms with Crippen molar-refractivity contribution in [3.63, 3.8) is 0 Å². The predicted molar refractivity (Wildman–Crippen MR) is 135 cm³/mol. The summed E-state index contributed by atoms with van der Waals surface area (Å²) in [5.41, 5.74) is 2.37. The molecule has 1 atom stereocenters. The number of para-hydroxylation sites is 2. The molecule has 2 heterocycles. The molecule has 0 unspecified atom stereocenters. The van der Waals surface area contributed by atoms with E-state index in [4.69, 9.17) is 32.9 Å². The van der Waals surface area contributed by atoms with E-state index in [1.165, 1.54) is 0 Å². The first kappa shape index (κ1) is 23.7. The Kier molecular flexibility index (Phi) is 7.05. The number of hydrogen-bond donors (Lipinski definition) is 1. The van der Waals surface area contributed by atoms with E-state index in [-0.39, 0.29) is 6.04 Å². The molecule has 8 heteroatoms. The number of carbonyl (C=O) groups is 1. The van der Waals surface area contributed by atoms with E-state index in [1.807, 2.05) is 51.1 Å². The summed E-state index contributed by atoms with van der Waals surface area (Å²) < 4.78 is 7.62. The third-order valence-corrected chi connectivity index (χ3v) is 6.34. The Balaban J connectivity index is 1.65. The highest BCUT2D eigenvalue weighted by Gasteiger charge is 2.28. The SMILES string of the molecule is CC(C)(C)OC(=O)NC[C@@H]1CCCCN1c1nc2ccccc2n1Cc1cc(Cl)ccc1Cl. The fourth-order valence-electron chi connectivity index (χ4n) is 4.26. The number of nitrogens with one attached hydrogen (secondary N) is 1. The van der Waals surface area contributed by atoms with Gasteiger partial charge in [-0.2, -0.15) is 0 Å². The lowest BCUT2D eigenvalue weighted by molar-refractivity contribution is 0.0522. The van der Waals surface area contributed by atoms with E-state index in [0.29, 0.717) is 23.1 Å². The van der Waals surface area contributed by atoms with E-state index in [1.54, 1.807) is 6.07 Å². The van der Waals surface area contributed by atoms with Crippen LogP contribution in [0.2, 0.25) is 10.0 Å². The lowest BCUT2D eigenvalue weighted by Gasteiger charge is -2.37. The number of amides is 1. The summed E-state index contributed by atoms with van der Waals surface area (Å²) in [6, 6.07) is 13.7. The summed E-state index contributed by atoms with van der Waals surface area (Å²) in [7, 11) is 0. The van der Waals surface area contributed by atoms with Crippen LogP contribution in [0, 0.1) is 0 Å². The Morgan fingerprint density at radius 3 is 2.76 bits per heavy atom. The van der Waals surface area contributed by atoms with Gasteiger partial charge < -0.3 is 19.5 Å². The largest absolute Gasteiger partial charge is 0.444 e. The van der Waals surface area contributed by atoms with Crippen LogP contribution < -0.4 is 10.2 Å². The molecule has 0 bridgehead atoms. The van der Waals surface area contributed by atoms with Gasteiger partial charge in [-0.05, 0) is 75.9 Å². The van der Waals surface area contributed by atoms with Gasteiger partial charge >= 0.3 is 6.09 Å². The lowest BCUT2D eigenvalue weighted by atomic mass is 10.0. The van der Waals surface area contributed by atoms with Gasteiger partial charge in [0.1, 0.15) is 5.60 Å². The van der Waals surface area contributed by atoms with Crippen molar-refractivity contribution in [2.24, 2.45) is 0 Å². The van der Waals surface area contributed by atoms with Crippen molar-refractivity contribution in [1.82, 2.24) is 14.9 Å². The number of fused-ring (bicyclic) bond motifs is 1. The van der Waals surface area contributed by atoms with Crippen molar-refractivity contribution >= 4 is 46.3 Å². The summed E-state index contributed by atoms with van der Waals surface area (Å²) in [4.78, 5) is 19.6. The average Bonchev–Trinajstić information content (AvgIpc) is 3.12. The second-order valence-corrected chi connectivity index (χ2v) is 10.3. The molecular formula is C25H30Cl2N4O2. The topological polar surface area (TPSA) is 59.4 Å². The van der Waals surface area contributed by atoms with E-state index < -0.39 is 11.7 Å². The van der Waals surface area contributed by atoms with Gasteiger partial charge in [0.25, 0.3) is 0 Å². The third-order valence-electron chi connectivity index (χ3n) is 5.74. The fraction of sp³-hybridized carbons (Fsp3) is 0.440. The quantitative estimate of drug-likeness (QED) is 0.459. The molecule has 0 radical (unpaired) electrons. The number of anilines is 1. The Bertz CT molecular complexity index is 1140. The molecule has 1 aliphatic heterocycles. The van der Waals surface area contributed by atoms with Crippen molar-refractivity contribution in [2.45, 2.75) is 58.2 Å². The molecule has 1 aliphatic rings. The van der Waals surface area contributed by atoms with Crippen molar-refractivity contribution < 1.29 is 9.53 Å². The normalized spacial score (nSPS) is 16.8. The maximum absolute atomic E-state index is 12.3. The summed E-state index contributed by atoms with van der Waals surface area (Å²) in [6.45, 7) is 7.51. The first-order valence-corrected chi connectivity index (χ1v) is 12.1. The average molecular weight is 489 g/mol. The minimum atomic E-state index is -0.527. The predicted octanol–water partition coefficient (Wildman–Crippen LogP) is 6.28. The number of ether oxygens (including phenoxy) is 1. The van der Waals surface area contributed by atoms with E-state index >= 15 is 0 Å². The lowest BCUT2D eigenvalue weighted by Crippen LogP contribution is -2.48. The van der Waals surface area contributed by atoms with Crippen LogP contribution in [-0.4, -0.2) is 40.4 Å². The second kappa shape index (κ2) is 9.82. The smallest absolute Gasteiger partial charge is 0.407 e. The van der Waals surface area contributed by atoms with Gasteiger partial charge in [0.05, 0.1) is 17.6 Å². The molecule has 3 aromatic rings. The number of imidazole rings is 1. The molecule has 0 saturated carbocycles. The van der Waals surface area contributed by atoms with E-state index in [0.717, 1.165) is 48.4 Å². The van der Waals surface area contributed by atoms with E-state index in [9.17, 15) is 4.79 Å². The molecule has 0 spiro atoms. The molecule has 1 fully saturated rings. The van der Waals surface area contributed by atoms with Crippen molar-refractivity contribution in [2.75, 3.05) is 18.0 Å². The number of nitrogens with zero attached hydrogens (tertiary/aromatic N) is 3.